The molecule has 15 heavy (non-hydrogen) atoms. The van der Waals surface area contributed by atoms with Crippen LogP contribution in [0, 0.1) is 6.08 Å². The molecule has 0 nitrogen and oxygen atoms in total. The van der Waals surface area contributed by atoms with Gasteiger partial charge in [-0.3, -0.25) is 0 Å². The van der Waals surface area contributed by atoms with Gasteiger partial charge in [0.15, 0.2) is 0 Å². The molecule has 1 radical (unpaired) electrons. The molecule has 0 aliphatic carbocycles. The number of allylic oxidation sites excluding steroid dienone is 4. The average molecular weight is 207 g/mol. The summed E-state index contributed by atoms with van der Waals surface area (Å²) in [6.45, 7) is 4.49. The van der Waals surface area contributed by atoms with Crippen molar-refractivity contribution in [1.29, 1.82) is 0 Å². The third-order valence-electron chi connectivity index (χ3n) is 2.51. The Morgan fingerprint density at radius 2 is 1.47 bits per heavy atom. The maximum atomic E-state index is 3.23. The normalized spacial score (nSPS) is 11.9. The van der Waals surface area contributed by atoms with Crippen LogP contribution in [0.5, 0.6) is 0 Å². The molecular formula is C15H27. The highest BCUT2D eigenvalue weighted by Gasteiger charge is 1.83. The van der Waals surface area contributed by atoms with Gasteiger partial charge in [-0.05, 0) is 31.8 Å². The van der Waals surface area contributed by atoms with E-state index in [2.05, 4.69) is 38.2 Å². The summed E-state index contributed by atoms with van der Waals surface area (Å²) in [7, 11) is 0. The molecule has 0 rings (SSSR count). The minimum Gasteiger partial charge on any atom is -0.0839 e. The fourth-order valence-electron chi connectivity index (χ4n) is 1.49. The molecule has 0 heteroatoms. The van der Waals surface area contributed by atoms with Gasteiger partial charge in [0.05, 0.1) is 0 Å². The number of rotatable bonds is 10. The second-order valence-corrected chi connectivity index (χ2v) is 4.12. The number of hydrogen-bond acceptors (Lipinski definition) is 0. The third-order valence-corrected chi connectivity index (χ3v) is 2.51. The van der Waals surface area contributed by atoms with E-state index in [-0.39, 0.29) is 0 Å². The molecule has 0 saturated carbocycles. The Hall–Kier alpha value is -0.520. The number of hydrogen-bond donors (Lipinski definition) is 0. The van der Waals surface area contributed by atoms with Crippen molar-refractivity contribution in [2.75, 3.05) is 0 Å². The van der Waals surface area contributed by atoms with Gasteiger partial charge in [-0.2, -0.15) is 0 Å². The average Bonchev–Trinajstić information content (AvgIpc) is 2.26. The van der Waals surface area contributed by atoms with Crippen molar-refractivity contribution < 1.29 is 0 Å². The largest absolute Gasteiger partial charge is 0.0839 e. The molecule has 0 saturated heterocycles. The SMILES string of the molecule is CCCCCC=C/[C]=C/CCCCCC. The monoisotopic (exact) mass is 207 g/mol. The molecule has 0 aromatic carbocycles. The molecule has 0 unspecified atom stereocenters. The van der Waals surface area contributed by atoms with E-state index in [1.54, 1.807) is 0 Å². The summed E-state index contributed by atoms with van der Waals surface area (Å²) >= 11 is 0. The van der Waals surface area contributed by atoms with Crippen LogP contribution in [0.4, 0.5) is 0 Å². The van der Waals surface area contributed by atoms with E-state index in [9.17, 15) is 0 Å². The van der Waals surface area contributed by atoms with Gasteiger partial charge in [0.2, 0.25) is 0 Å². The van der Waals surface area contributed by atoms with E-state index in [0.29, 0.717) is 0 Å². The molecule has 0 aliphatic heterocycles. The highest BCUT2D eigenvalue weighted by molar-refractivity contribution is 4.94. The Labute approximate surface area is 96.5 Å². The van der Waals surface area contributed by atoms with Gasteiger partial charge in [-0.1, -0.05) is 64.2 Å². The Morgan fingerprint density at radius 3 is 2.20 bits per heavy atom. The first-order chi connectivity index (χ1) is 7.41. The second kappa shape index (κ2) is 13.5. The quantitative estimate of drug-likeness (QED) is 0.330. The summed E-state index contributed by atoms with van der Waals surface area (Å²) in [6.07, 6.45) is 21.5. The fourth-order valence-corrected chi connectivity index (χ4v) is 1.49. The van der Waals surface area contributed by atoms with Gasteiger partial charge in [-0.15, -0.1) is 0 Å². The van der Waals surface area contributed by atoms with Crippen LogP contribution >= 0.6 is 0 Å². The lowest BCUT2D eigenvalue weighted by Gasteiger charge is -1.93. The van der Waals surface area contributed by atoms with Gasteiger partial charge in [0, 0.05) is 0 Å². The van der Waals surface area contributed by atoms with Crippen molar-refractivity contribution in [3.8, 4) is 0 Å². The van der Waals surface area contributed by atoms with Crippen molar-refractivity contribution in [3.05, 3.63) is 24.3 Å². The van der Waals surface area contributed by atoms with Crippen LogP contribution in [-0.4, -0.2) is 0 Å². The molecule has 0 atom stereocenters. The van der Waals surface area contributed by atoms with Crippen LogP contribution < -0.4 is 0 Å². The van der Waals surface area contributed by atoms with E-state index in [1.807, 2.05) is 0 Å². The van der Waals surface area contributed by atoms with Crippen LogP contribution in [0.15, 0.2) is 18.2 Å². The summed E-state index contributed by atoms with van der Waals surface area (Å²) in [5, 5.41) is 0. The Morgan fingerprint density at radius 1 is 0.800 bits per heavy atom. The molecule has 0 N–H and O–H groups in total. The highest BCUT2D eigenvalue weighted by atomic mass is 13.9. The third kappa shape index (κ3) is 13.5. The standard InChI is InChI=1S/C15H27/c1-3-5-7-9-11-13-15-14-12-10-8-6-4-2/h11,13-14H,3-10,12H2,1-2H3. The zero-order valence-electron chi connectivity index (χ0n) is 10.6. The lowest BCUT2D eigenvalue weighted by molar-refractivity contribution is 0.674. The predicted molar refractivity (Wildman–Crippen MR) is 69.9 cm³/mol. The second-order valence-electron chi connectivity index (χ2n) is 4.12. The first-order valence-electron chi connectivity index (χ1n) is 6.64. The van der Waals surface area contributed by atoms with Crippen LogP contribution in [0.2, 0.25) is 0 Å². The summed E-state index contributed by atoms with van der Waals surface area (Å²) in [5.74, 6) is 0. The van der Waals surface area contributed by atoms with Gasteiger partial charge in [-0.25, -0.2) is 0 Å². The maximum absolute atomic E-state index is 3.23. The lowest BCUT2D eigenvalue weighted by atomic mass is 10.1. The molecular weight excluding hydrogens is 180 g/mol. The molecule has 0 heterocycles. The predicted octanol–water partition coefficient (Wildman–Crippen LogP) is 5.45. The van der Waals surface area contributed by atoms with Gasteiger partial charge in [0.25, 0.3) is 0 Å². The molecule has 87 valence electrons. The van der Waals surface area contributed by atoms with Gasteiger partial charge in [0.1, 0.15) is 0 Å². The molecule has 0 aliphatic rings. The highest BCUT2D eigenvalue weighted by Crippen LogP contribution is 2.03. The zero-order valence-corrected chi connectivity index (χ0v) is 10.6. The van der Waals surface area contributed by atoms with Crippen molar-refractivity contribution in [2.45, 2.75) is 71.6 Å². The molecule has 0 fully saturated rings. The minimum absolute atomic E-state index is 1.19. The summed E-state index contributed by atoms with van der Waals surface area (Å²) in [5.41, 5.74) is 0. The first-order valence-corrected chi connectivity index (χ1v) is 6.64. The van der Waals surface area contributed by atoms with E-state index >= 15 is 0 Å². The Bertz CT molecular complexity index is 153. The van der Waals surface area contributed by atoms with Crippen LogP contribution in [0.25, 0.3) is 0 Å². The topological polar surface area (TPSA) is 0 Å². The van der Waals surface area contributed by atoms with E-state index in [1.165, 1.54) is 57.8 Å². The molecule has 0 bridgehead atoms. The van der Waals surface area contributed by atoms with Crippen LogP contribution in [-0.2, 0) is 0 Å². The van der Waals surface area contributed by atoms with E-state index in [0.717, 1.165) is 0 Å². The number of unbranched alkanes of at least 4 members (excludes halogenated alkanes) is 7. The smallest absolute Gasteiger partial charge is 0.0230 e. The van der Waals surface area contributed by atoms with Crippen LogP contribution in [0.1, 0.15) is 71.6 Å². The molecule has 0 spiro atoms. The molecule has 0 aromatic rings. The van der Waals surface area contributed by atoms with Crippen molar-refractivity contribution in [3.63, 3.8) is 0 Å². The Balaban J connectivity index is 3.15. The van der Waals surface area contributed by atoms with Crippen molar-refractivity contribution in [1.82, 2.24) is 0 Å². The molecule has 0 aromatic heterocycles. The first kappa shape index (κ1) is 14.5. The maximum Gasteiger partial charge on any atom is -0.0230 e. The van der Waals surface area contributed by atoms with E-state index < -0.39 is 0 Å². The van der Waals surface area contributed by atoms with Crippen molar-refractivity contribution >= 4 is 0 Å². The van der Waals surface area contributed by atoms with Gasteiger partial charge < -0.3 is 0 Å². The van der Waals surface area contributed by atoms with Crippen LogP contribution in [0.3, 0.4) is 0 Å². The summed E-state index contributed by atoms with van der Waals surface area (Å²) in [6, 6.07) is 0. The Kier molecular flexibility index (Phi) is 13.0. The summed E-state index contributed by atoms with van der Waals surface area (Å²) < 4.78 is 0. The lowest BCUT2D eigenvalue weighted by Crippen LogP contribution is -1.73. The minimum atomic E-state index is 1.19. The van der Waals surface area contributed by atoms with Crippen molar-refractivity contribution in [2.24, 2.45) is 0 Å². The van der Waals surface area contributed by atoms with E-state index in [4.69, 9.17) is 0 Å². The zero-order chi connectivity index (χ0) is 11.2. The summed E-state index contributed by atoms with van der Waals surface area (Å²) in [4.78, 5) is 0. The molecule has 0 amide bonds. The van der Waals surface area contributed by atoms with Gasteiger partial charge >= 0.3 is 0 Å². The fraction of sp³-hybridized carbons (Fsp3) is 0.733.